The van der Waals surface area contributed by atoms with E-state index in [1.54, 1.807) is 20.2 Å². The second-order valence-electron chi connectivity index (χ2n) is 10.3. The summed E-state index contributed by atoms with van der Waals surface area (Å²) in [4.78, 5) is 0. The molecule has 3 nitrogen and oxygen atoms in total. The molecule has 0 aliphatic carbocycles. The van der Waals surface area contributed by atoms with Gasteiger partial charge < -0.3 is 9.84 Å². The summed E-state index contributed by atoms with van der Waals surface area (Å²) in [6, 6.07) is 10.1. The Morgan fingerprint density at radius 2 is 1.73 bits per heavy atom. The average Bonchev–Trinajstić information content (AvgIpc) is 2.69. The number of fused-ring (bicyclic) bond motifs is 3. The van der Waals surface area contributed by atoms with Crippen LogP contribution in [0, 0.1) is 0 Å². The summed E-state index contributed by atoms with van der Waals surface area (Å²) < 4.78 is 47.6. The van der Waals surface area contributed by atoms with E-state index in [1.165, 1.54) is 4.58 Å². The Morgan fingerprint density at radius 3 is 2.21 bits per heavy atom. The fourth-order valence-corrected chi connectivity index (χ4v) is 4.96. The van der Waals surface area contributed by atoms with E-state index in [2.05, 4.69) is 39.5 Å². The Labute approximate surface area is 193 Å². The minimum absolute atomic E-state index is 0.165. The number of hydrogen-bond acceptors (Lipinski definition) is 2. The highest BCUT2D eigenvalue weighted by molar-refractivity contribution is 5.98. The van der Waals surface area contributed by atoms with Crippen molar-refractivity contribution in [2.45, 2.75) is 64.1 Å². The number of ether oxygens (including phenoxy) is 1. The highest BCUT2D eigenvalue weighted by Gasteiger charge is 2.60. The Hall–Kier alpha value is -2.60. The largest absolute Gasteiger partial charge is 0.506 e. The number of aliphatic hydroxyl groups excluding tert-OH is 1. The molecular weight excluding hydrogens is 427 g/mol. The van der Waals surface area contributed by atoms with Gasteiger partial charge in [0.2, 0.25) is 5.54 Å². The number of methoxy groups -OCH3 is 1. The molecule has 1 N–H and O–H groups in total. The third-order valence-corrected chi connectivity index (χ3v) is 7.08. The van der Waals surface area contributed by atoms with E-state index < -0.39 is 22.7 Å². The normalized spacial score (nSPS) is 23.9. The first-order valence-corrected chi connectivity index (χ1v) is 10.9. The van der Waals surface area contributed by atoms with Crippen LogP contribution < -0.4 is 0 Å². The molecule has 3 rings (SSSR count). The molecule has 0 saturated carbocycles. The van der Waals surface area contributed by atoms with Crippen LogP contribution in [-0.4, -0.2) is 41.3 Å². The predicted molar refractivity (Wildman–Crippen MR) is 127 cm³/mol. The summed E-state index contributed by atoms with van der Waals surface area (Å²) in [5, 5.41) is 12.9. The van der Waals surface area contributed by atoms with Gasteiger partial charge in [-0.2, -0.15) is 17.7 Å². The fraction of sp³-hybridized carbons (Fsp3) is 0.444. The maximum absolute atomic E-state index is 13.5. The summed E-state index contributed by atoms with van der Waals surface area (Å²) in [7, 11) is 1.55. The number of alkyl halides is 3. The van der Waals surface area contributed by atoms with Gasteiger partial charge in [0, 0.05) is 19.6 Å². The van der Waals surface area contributed by atoms with Gasteiger partial charge in [-0.05, 0) is 47.2 Å². The van der Waals surface area contributed by atoms with E-state index in [-0.39, 0.29) is 17.8 Å². The molecule has 0 fully saturated rings. The van der Waals surface area contributed by atoms with E-state index in [1.807, 2.05) is 25.1 Å². The molecule has 0 amide bonds. The minimum Gasteiger partial charge on any atom is -0.506 e. The van der Waals surface area contributed by atoms with Crippen LogP contribution in [0.25, 0.3) is 10.8 Å². The Bertz CT molecular complexity index is 1170. The quantitative estimate of drug-likeness (QED) is 0.403. The predicted octanol–water partition coefficient (Wildman–Crippen LogP) is 6.78. The van der Waals surface area contributed by atoms with Crippen LogP contribution in [0.4, 0.5) is 13.2 Å². The van der Waals surface area contributed by atoms with Gasteiger partial charge in [-0.1, -0.05) is 51.6 Å². The monoisotopic (exact) mass is 460 g/mol. The van der Waals surface area contributed by atoms with E-state index in [9.17, 15) is 18.3 Å². The van der Waals surface area contributed by atoms with Gasteiger partial charge in [0.15, 0.2) is 18.2 Å². The lowest BCUT2D eigenvalue weighted by Gasteiger charge is -2.45. The highest BCUT2D eigenvalue weighted by atomic mass is 19.4. The molecule has 1 aliphatic heterocycles. The van der Waals surface area contributed by atoms with Crippen LogP contribution in [0.5, 0.6) is 0 Å². The SMILES string of the molecule is C=C(O)C1(C)[N+](/C=C(\C)C(F)(F)F)=Cc2cc(C(C)(C)C)c3ccccc3c2C1(C)COC. The standard InChI is InChI=1S/C27H32F3NO2/c1-17(27(28,29)30)14-31-15-19-13-22(24(3,4)5)20-11-9-10-12-21(20)23(19)25(6,16-33-8)26(31,7)18(2)32/h9-15H,2,16H2,1,3-8H3/p+1/b17-14+. The van der Waals surface area contributed by atoms with Crippen molar-refractivity contribution in [3.05, 3.63) is 71.1 Å². The van der Waals surface area contributed by atoms with Crippen LogP contribution in [0.15, 0.2) is 54.4 Å². The van der Waals surface area contributed by atoms with Gasteiger partial charge in [-0.25, -0.2) is 0 Å². The minimum atomic E-state index is -4.50. The average molecular weight is 461 g/mol. The molecular formula is C27H33F3NO2+. The second-order valence-corrected chi connectivity index (χ2v) is 10.3. The molecule has 2 aromatic carbocycles. The van der Waals surface area contributed by atoms with E-state index in [0.717, 1.165) is 40.6 Å². The third-order valence-electron chi connectivity index (χ3n) is 7.08. The molecule has 0 radical (unpaired) electrons. The molecule has 2 aromatic rings. The molecule has 1 heterocycles. The van der Waals surface area contributed by atoms with Gasteiger partial charge in [-0.15, -0.1) is 0 Å². The number of benzene rings is 2. The molecule has 1 aliphatic rings. The van der Waals surface area contributed by atoms with E-state index in [0.29, 0.717) is 0 Å². The molecule has 6 heteroatoms. The number of nitrogens with zero attached hydrogens (tertiary/aromatic N) is 1. The zero-order valence-electron chi connectivity index (χ0n) is 20.4. The molecule has 2 atom stereocenters. The number of hydrogen-bond donors (Lipinski definition) is 1. The maximum atomic E-state index is 13.5. The van der Waals surface area contributed by atoms with Crippen LogP contribution in [0.1, 0.15) is 58.2 Å². The van der Waals surface area contributed by atoms with Gasteiger partial charge in [0.1, 0.15) is 0 Å². The topological polar surface area (TPSA) is 32.5 Å². The summed E-state index contributed by atoms with van der Waals surface area (Å²) >= 11 is 0. The first-order chi connectivity index (χ1) is 15.1. The summed E-state index contributed by atoms with van der Waals surface area (Å²) in [5.74, 6) is -0.237. The number of aliphatic hydroxyl groups is 1. The molecule has 0 spiro atoms. The van der Waals surface area contributed by atoms with Crippen molar-refractivity contribution in [2.75, 3.05) is 13.7 Å². The van der Waals surface area contributed by atoms with Crippen LogP contribution >= 0.6 is 0 Å². The van der Waals surface area contributed by atoms with Gasteiger partial charge in [0.25, 0.3) is 0 Å². The molecule has 33 heavy (non-hydrogen) atoms. The summed E-state index contributed by atoms with van der Waals surface area (Å²) in [5.41, 5.74) is -0.376. The number of allylic oxidation sites excluding steroid dienone is 1. The summed E-state index contributed by atoms with van der Waals surface area (Å²) in [6.45, 7) is 14.9. The highest BCUT2D eigenvalue weighted by Crippen LogP contribution is 2.49. The molecule has 0 bridgehead atoms. The first kappa shape index (κ1) is 25.0. The van der Waals surface area contributed by atoms with Crippen LogP contribution in [-0.2, 0) is 15.6 Å². The zero-order chi connectivity index (χ0) is 25.0. The number of halogens is 3. The zero-order valence-corrected chi connectivity index (χ0v) is 20.4. The maximum Gasteiger partial charge on any atom is 0.418 e. The molecule has 0 aromatic heterocycles. The third kappa shape index (κ3) is 3.88. The van der Waals surface area contributed by atoms with Gasteiger partial charge >= 0.3 is 6.18 Å². The smallest absolute Gasteiger partial charge is 0.418 e. The Morgan fingerprint density at radius 1 is 1.15 bits per heavy atom. The lowest BCUT2D eigenvalue weighted by molar-refractivity contribution is -0.552. The second kappa shape index (κ2) is 8.01. The fourth-order valence-electron chi connectivity index (χ4n) is 4.96. The van der Waals surface area contributed by atoms with Crippen molar-refractivity contribution in [1.29, 1.82) is 0 Å². The summed E-state index contributed by atoms with van der Waals surface area (Å²) in [6.07, 6.45) is -1.77. The van der Waals surface area contributed by atoms with Crippen molar-refractivity contribution >= 4 is 17.0 Å². The Kier molecular flexibility index (Phi) is 6.08. The van der Waals surface area contributed by atoms with Crippen molar-refractivity contribution in [3.8, 4) is 0 Å². The Balaban J connectivity index is 2.56. The first-order valence-electron chi connectivity index (χ1n) is 10.9. The van der Waals surface area contributed by atoms with E-state index in [4.69, 9.17) is 4.74 Å². The number of rotatable bonds is 4. The van der Waals surface area contributed by atoms with Crippen LogP contribution in [0.2, 0.25) is 0 Å². The van der Waals surface area contributed by atoms with Crippen LogP contribution in [0.3, 0.4) is 0 Å². The molecule has 2 unspecified atom stereocenters. The molecule has 178 valence electrons. The lowest BCUT2D eigenvalue weighted by Crippen LogP contribution is -2.60. The van der Waals surface area contributed by atoms with Crippen molar-refractivity contribution in [1.82, 2.24) is 0 Å². The lowest BCUT2D eigenvalue weighted by atomic mass is 9.62. The van der Waals surface area contributed by atoms with Gasteiger partial charge in [-0.3, -0.25) is 0 Å². The van der Waals surface area contributed by atoms with Crippen molar-refractivity contribution < 1.29 is 27.6 Å². The van der Waals surface area contributed by atoms with Gasteiger partial charge in [0.05, 0.1) is 17.6 Å². The van der Waals surface area contributed by atoms with E-state index >= 15 is 0 Å². The van der Waals surface area contributed by atoms with Crippen molar-refractivity contribution in [2.24, 2.45) is 0 Å². The van der Waals surface area contributed by atoms with Crippen molar-refractivity contribution in [3.63, 3.8) is 0 Å². The molecule has 0 saturated heterocycles.